The average molecular weight is 392 g/mol. The van der Waals surface area contributed by atoms with Crippen LogP contribution in [0, 0.1) is 5.82 Å². The fourth-order valence-corrected chi connectivity index (χ4v) is 3.13. The van der Waals surface area contributed by atoms with Crippen LogP contribution in [0.4, 0.5) is 27.5 Å². The quantitative estimate of drug-likeness (QED) is 0.547. The summed E-state index contributed by atoms with van der Waals surface area (Å²) in [6.07, 6.45) is 3.04. The number of benzene rings is 2. The van der Waals surface area contributed by atoms with E-state index in [1.165, 1.54) is 0 Å². The molecule has 0 saturated carbocycles. The van der Waals surface area contributed by atoms with Crippen molar-refractivity contribution in [2.45, 2.75) is 0 Å². The number of ether oxygens (including phenoxy) is 2. The number of halogens is 1. The number of aromatic nitrogens is 4. The first-order valence-electron chi connectivity index (χ1n) is 9.04. The maximum absolute atomic E-state index is 14.3. The second kappa shape index (κ2) is 6.93. The molecule has 0 amide bonds. The lowest BCUT2D eigenvalue weighted by molar-refractivity contribution is 0.171. The van der Waals surface area contributed by atoms with Crippen LogP contribution >= 0.6 is 0 Å². The number of nitrogens with zero attached hydrogens (tertiary/aromatic N) is 4. The van der Waals surface area contributed by atoms with E-state index in [2.05, 4.69) is 25.7 Å². The van der Waals surface area contributed by atoms with Crippen LogP contribution in [0.2, 0.25) is 0 Å². The zero-order valence-corrected chi connectivity index (χ0v) is 15.5. The van der Waals surface area contributed by atoms with Gasteiger partial charge in [0.1, 0.15) is 13.2 Å². The lowest BCUT2D eigenvalue weighted by atomic mass is 10.2. The zero-order chi connectivity index (χ0) is 19.8. The molecule has 0 bridgehead atoms. The molecule has 146 valence electrons. The Morgan fingerprint density at radius 3 is 2.69 bits per heavy atom. The van der Waals surface area contributed by atoms with Crippen LogP contribution in [0.1, 0.15) is 0 Å². The number of fused-ring (bicyclic) bond motifs is 2. The fourth-order valence-electron chi connectivity index (χ4n) is 3.13. The SMILES string of the molecule is Cn1cc2cc(Nc3ncc(F)c(Nc4ccc5c(c4)OCCO5)n3)ccc2n1. The van der Waals surface area contributed by atoms with E-state index in [1.807, 2.05) is 31.4 Å². The molecule has 0 aliphatic carbocycles. The lowest BCUT2D eigenvalue weighted by Gasteiger charge is -2.19. The van der Waals surface area contributed by atoms with Crippen molar-refractivity contribution >= 4 is 34.0 Å². The van der Waals surface area contributed by atoms with Crippen molar-refractivity contribution in [3.8, 4) is 11.5 Å². The predicted molar refractivity (Wildman–Crippen MR) is 107 cm³/mol. The van der Waals surface area contributed by atoms with Crippen molar-refractivity contribution in [1.82, 2.24) is 19.7 Å². The molecule has 0 saturated heterocycles. The molecule has 2 N–H and O–H groups in total. The minimum Gasteiger partial charge on any atom is -0.486 e. The van der Waals surface area contributed by atoms with Gasteiger partial charge in [-0.3, -0.25) is 4.68 Å². The molecule has 8 nitrogen and oxygen atoms in total. The molecular formula is C20H17FN6O2. The normalized spacial score (nSPS) is 12.8. The van der Waals surface area contributed by atoms with Gasteiger partial charge in [-0.15, -0.1) is 0 Å². The third kappa shape index (κ3) is 3.49. The number of nitrogens with one attached hydrogen (secondary N) is 2. The second-order valence-electron chi connectivity index (χ2n) is 6.57. The molecule has 0 unspecified atom stereocenters. The highest BCUT2D eigenvalue weighted by Gasteiger charge is 2.14. The third-order valence-electron chi connectivity index (χ3n) is 4.42. The lowest BCUT2D eigenvalue weighted by Crippen LogP contribution is -2.15. The maximum atomic E-state index is 14.3. The Kier molecular flexibility index (Phi) is 4.12. The van der Waals surface area contributed by atoms with Gasteiger partial charge in [0.15, 0.2) is 23.1 Å². The first-order chi connectivity index (χ1) is 14.1. The summed E-state index contributed by atoms with van der Waals surface area (Å²) >= 11 is 0. The zero-order valence-electron chi connectivity index (χ0n) is 15.5. The standard InChI is InChI=1S/C20H17FN6O2/c1-27-11-12-8-13(2-4-16(12)26-27)24-20-22-10-15(21)19(25-20)23-14-3-5-17-18(9-14)29-7-6-28-17/h2-5,8-11H,6-7H2,1H3,(H2,22,23,24,25). The number of rotatable bonds is 4. The van der Waals surface area contributed by atoms with Crippen LogP contribution in [-0.4, -0.2) is 33.0 Å². The highest BCUT2D eigenvalue weighted by molar-refractivity contribution is 5.82. The number of hydrogen-bond donors (Lipinski definition) is 2. The summed E-state index contributed by atoms with van der Waals surface area (Å²) in [5.41, 5.74) is 2.30. The van der Waals surface area contributed by atoms with E-state index in [9.17, 15) is 4.39 Å². The van der Waals surface area contributed by atoms with Gasteiger partial charge in [0.05, 0.1) is 11.7 Å². The molecule has 5 rings (SSSR count). The van der Waals surface area contributed by atoms with E-state index < -0.39 is 5.82 Å². The van der Waals surface area contributed by atoms with Crippen LogP contribution in [-0.2, 0) is 7.05 Å². The van der Waals surface area contributed by atoms with Crippen LogP contribution in [0.5, 0.6) is 11.5 Å². The van der Waals surface area contributed by atoms with Gasteiger partial charge in [0, 0.05) is 36.1 Å². The Hall–Kier alpha value is -3.88. The number of aryl methyl sites for hydroxylation is 1. The Morgan fingerprint density at radius 2 is 1.79 bits per heavy atom. The predicted octanol–water partition coefficient (Wildman–Crippen LogP) is 3.76. The number of hydrogen-bond acceptors (Lipinski definition) is 7. The first-order valence-corrected chi connectivity index (χ1v) is 9.04. The summed E-state index contributed by atoms with van der Waals surface area (Å²) in [5.74, 6) is 1.04. The van der Waals surface area contributed by atoms with Crippen LogP contribution in [0.25, 0.3) is 10.9 Å². The van der Waals surface area contributed by atoms with E-state index >= 15 is 0 Å². The molecule has 29 heavy (non-hydrogen) atoms. The molecule has 0 atom stereocenters. The second-order valence-corrected chi connectivity index (χ2v) is 6.57. The molecule has 9 heteroatoms. The highest BCUT2D eigenvalue weighted by Crippen LogP contribution is 2.33. The van der Waals surface area contributed by atoms with E-state index in [0.29, 0.717) is 30.4 Å². The van der Waals surface area contributed by atoms with Crippen LogP contribution < -0.4 is 20.1 Å². The van der Waals surface area contributed by atoms with Crippen molar-refractivity contribution in [2.24, 2.45) is 7.05 Å². The van der Waals surface area contributed by atoms with Gasteiger partial charge in [0.2, 0.25) is 5.95 Å². The smallest absolute Gasteiger partial charge is 0.229 e. The third-order valence-corrected chi connectivity index (χ3v) is 4.42. The Morgan fingerprint density at radius 1 is 1.00 bits per heavy atom. The van der Waals surface area contributed by atoms with Crippen molar-refractivity contribution < 1.29 is 13.9 Å². The van der Waals surface area contributed by atoms with Gasteiger partial charge in [-0.1, -0.05) is 0 Å². The van der Waals surface area contributed by atoms with E-state index in [4.69, 9.17) is 9.47 Å². The van der Waals surface area contributed by atoms with Crippen molar-refractivity contribution in [3.63, 3.8) is 0 Å². The van der Waals surface area contributed by atoms with E-state index in [-0.39, 0.29) is 11.8 Å². The van der Waals surface area contributed by atoms with Crippen molar-refractivity contribution in [3.05, 3.63) is 54.6 Å². The summed E-state index contributed by atoms with van der Waals surface area (Å²) in [6.45, 7) is 0.994. The Balaban J connectivity index is 1.39. The maximum Gasteiger partial charge on any atom is 0.229 e. The molecule has 0 fully saturated rings. The van der Waals surface area contributed by atoms with E-state index in [0.717, 1.165) is 22.8 Å². The molecule has 2 aromatic heterocycles. The summed E-state index contributed by atoms with van der Waals surface area (Å²) < 4.78 is 27.1. The van der Waals surface area contributed by atoms with E-state index in [1.54, 1.807) is 22.9 Å². The van der Waals surface area contributed by atoms with Crippen LogP contribution in [0.3, 0.4) is 0 Å². The molecule has 2 aromatic carbocycles. The van der Waals surface area contributed by atoms with Gasteiger partial charge >= 0.3 is 0 Å². The fraction of sp³-hybridized carbons (Fsp3) is 0.150. The van der Waals surface area contributed by atoms with Crippen molar-refractivity contribution in [2.75, 3.05) is 23.8 Å². The Bertz CT molecular complexity index is 1210. The summed E-state index contributed by atoms with van der Waals surface area (Å²) in [6, 6.07) is 11.0. The minimum absolute atomic E-state index is 0.0571. The van der Waals surface area contributed by atoms with Gasteiger partial charge in [-0.25, -0.2) is 9.37 Å². The molecular weight excluding hydrogens is 375 g/mol. The molecule has 3 heterocycles. The van der Waals surface area contributed by atoms with Crippen LogP contribution in [0.15, 0.2) is 48.8 Å². The molecule has 4 aromatic rings. The monoisotopic (exact) mass is 392 g/mol. The molecule has 0 spiro atoms. The largest absolute Gasteiger partial charge is 0.486 e. The summed E-state index contributed by atoms with van der Waals surface area (Å²) in [5, 5.41) is 11.4. The van der Waals surface area contributed by atoms with Gasteiger partial charge < -0.3 is 20.1 Å². The molecule has 0 radical (unpaired) electrons. The van der Waals surface area contributed by atoms with Gasteiger partial charge in [-0.05, 0) is 30.3 Å². The van der Waals surface area contributed by atoms with Crippen molar-refractivity contribution in [1.29, 1.82) is 0 Å². The molecule has 1 aliphatic heterocycles. The summed E-state index contributed by atoms with van der Waals surface area (Å²) in [4.78, 5) is 8.29. The first kappa shape index (κ1) is 17.2. The van der Waals surface area contributed by atoms with Gasteiger partial charge in [0.25, 0.3) is 0 Å². The minimum atomic E-state index is -0.562. The van der Waals surface area contributed by atoms with Gasteiger partial charge in [-0.2, -0.15) is 10.1 Å². The molecule has 1 aliphatic rings. The Labute approximate surface area is 165 Å². The summed E-state index contributed by atoms with van der Waals surface area (Å²) in [7, 11) is 1.87. The average Bonchev–Trinajstić information content (AvgIpc) is 3.10. The topological polar surface area (TPSA) is 86.1 Å². The highest BCUT2D eigenvalue weighted by atomic mass is 19.1. The number of anilines is 4.